The van der Waals surface area contributed by atoms with Crippen molar-refractivity contribution in [3.05, 3.63) is 29.8 Å². The van der Waals surface area contributed by atoms with Crippen LogP contribution in [0.25, 0.3) is 0 Å². The number of amides is 1. The van der Waals surface area contributed by atoms with Crippen molar-refractivity contribution in [2.24, 2.45) is 5.92 Å². The minimum Gasteiger partial charge on any atom is -0.444 e. The molecular weight excluding hydrogens is 312 g/mol. The van der Waals surface area contributed by atoms with E-state index < -0.39 is 5.60 Å². The molecule has 4 heteroatoms. The van der Waals surface area contributed by atoms with E-state index in [-0.39, 0.29) is 12.1 Å². The SMILES string of the molecule is C[C@@H](CC1CCCCC1)N(Cc1ccccc1N)C(=O)OC(C)(C)C. The van der Waals surface area contributed by atoms with Crippen LogP contribution >= 0.6 is 0 Å². The van der Waals surface area contributed by atoms with Crippen molar-refractivity contribution in [3.63, 3.8) is 0 Å². The minimum absolute atomic E-state index is 0.137. The van der Waals surface area contributed by atoms with Crippen LogP contribution in [0.1, 0.15) is 71.8 Å². The van der Waals surface area contributed by atoms with Gasteiger partial charge in [-0.2, -0.15) is 0 Å². The Morgan fingerprint density at radius 1 is 1.24 bits per heavy atom. The third-order valence-corrected chi connectivity index (χ3v) is 4.96. The van der Waals surface area contributed by atoms with Crippen molar-refractivity contribution in [2.45, 2.75) is 84.4 Å². The van der Waals surface area contributed by atoms with Crippen molar-refractivity contribution >= 4 is 11.8 Å². The lowest BCUT2D eigenvalue weighted by molar-refractivity contribution is 0.0128. The molecule has 0 spiro atoms. The zero-order chi connectivity index (χ0) is 18.4. The van der Waals surface area contributed by atoms with Crippen LogP contribution in [-0.2, 0) is 11.3 Å². The van der Waals surface area contributed by atoms with Crippen molar-refractivity contribution in [1.29, 1.82) is 0 Å². The molecule has 1 saturated carbocycles. The number of hydrogen-bond acceptors (Lipinski definition) is 3. The maximum Gasteiger partial charge on any atom is 0.410 e. The summed E-state index contributed by atoms with van der Waals surface area (Å²) in [6, 6.07) is 7.89. The van der Waals surface area contributed by atoms with Crippen molar-refractivity contribution in [1.82, 2.24) is 4.90 Å². The van der Waals surface area contributed by atoms with Crippen LogP contribution in [0.4, 0.5) is 10.5 Å². The van der Waals surface area contributed by atoms with Crippen LogP contribution in [0, 0.1) is 5.92 Å². The molecule has 1 aliphatic carbocycles. The highest BCUT2D eigenvalue weighted by atomic mass is 16.6. The Morgan fingerprint density at radius 3 is 2.48 bits per heavy atom. The molecule has 4 nitrogen and oxygen atoms in total. The Hall–Kier alpha value is -1.71. The maximum absolute atomic E-state index is 12.8. The fourth-order valence-electron chi connectivity index (χ4n) is 3.62. The van der Waals surface area contributed by atoms with Gasteiger partial charge in [0.25, 0.3) is 0 Å². The number of carbonyl (C=O) groups excluding carboxylic acids is 1. The number of anilines is 1. The first-order valence-corrected chi connectivity index (χ1v) is 9.59. The normalized spacial score (nSPS) is 17.1. The lowest BCUT2D eigenvalue weighted by Gasteiger charge is -2.34. The summed E-state index contributed by atoms with van der Waals surface area (Å²) in [7, 11) is 0. The van der Waals surface area contributed by atoms with Gasteiger partial charge in [0, 0.05) is 11.7 Å². The topological polar surface area (TPSA) is 55.6 Å². The van der Waals surface area contributed by atoms with Crippen molar-refractivity contribution in [3.8, 4) is 0 Å². The predicted octanol–water partition coefficient (Wildman–Crippen LogP) is 5.36. The van der Waals surface area contributed by atoms with Crippen LogP contribution in [-0.4, -0.2) is 22.6 Å². The largest absolute Gasteiger partial charge is 0.444 e. The molecule has 0 unspecified atom stereocenters. The van der Waals surface area contributed by atoms with E-state index in [1.54, 1.807) is 0 Å². The van der Waals surface area contributed by atoms with Gasteiger partial charge in [-0.3, -0.25) is 0 Å². The van der Waals surface area contributed by atoms with E-state index in [9.17, 15) is 4.79 Å². The van der Waals surface area contributed by atoms with Crippen LogP contribution in [0.5, 0.6) is 0 Å². The fourth-order valence-corrected chi connectivity index (χ4v) is 3.62. The van der Waals surface area contributed by atoms with Crippen LogP contribution in [0.2, 0.25) is 0 Å². The number of carbonyl (C=O) groups is 1. The summed E-state index contributed by atoms with van der Waals surface area (Å²) in [5.41, 5.74) is 7.30. The lowest BCUT2D eigenvalue weighted by Crippen LogP contribution is -2.42. The van der Waals surface area contributed by atoms with Crippen LogP contribution < -0.4 is 5.73 Å². The van der Waals surface area contributed by atoms with Gasteiger partial charge in [-0.25, -0.2) is 4.79 Å². The Labute approximate surface area is 152 Å². The number of benzene rings is 1. The molecule has 25 heavy (non-hydrogen) atoms. The number of nitrogens with zero attached hydrogens (tertiary/aromatic N) is 1. The molecule has 0 bridgehead atoms. The van der Waals surface area contributed by atoms with Gasteiger partial charge in [-0.15, -0.1) is 0 Å². The zero-order valence-electron chi connectivity index (χ0n) is 16.3. The zero-order valence-corrected chi connectivity index (χ0v) is 16.3. The summed E-state index contributed by atoms with van der Waals surface area (Å²) in [6.07, 6.45) is 7.32. The average molecular weight is 347 g/mol. The maximum atomic E-state index is 12.8. The molecule has 1 aromatic carbocycles. The highest BCUT2D eigenvalue weighted by molar-refractivity contribution is 5.69. The van der Waals surface area contributed by atoms with Gasteiger partial charge in [0.2, 0.25) is 0 Å². The molecule has 0 aromatic heterocycles. The van der Waals surface area contributed by atoms with E-state index in [0.29, 0.717) is 12.5 Å². The van der Waals surface area contributed by atoms with E-state index in [2.05, 4.69) is 6.92 Å². The van der Waals surface area contributed by atoms with Gasteiger partial charge in [-0.1, -0.05) is 50.3 Å². The van der Waals surface area contributed by atoms with E-state index in [4.69, 9.17) is 10.5 Å². The Morgan fingerprint density at radius 2 is 1.88 bits per heavy atom. The third-order valence-electron chi connectivity index (χ3n) is 4.96. The van der Waals surface area contributed by atoms with Crippen molar-refractivity contribution in [2.75, 3.05) is 5.73 Å². The molecule has 0 aliphatic heterocycles. The van der Waals surface area contributed by atoms with Crippen molar-refractivity contribution < 1.29 is 9.53 Å². The summed E-state index contributed by atoms with van der Waals surface area (Å²) >= 11 is 0. The van der Waals surface area contributed by atoms with Gasteiger partial charge < -0.3 is 15.4 Å². The second-order valence-corrected chi connectivity index (χ2v) is 8.40. The molecular formula is C21H34N2O2. The quantitative estimate of drug-likeness (QED) is 0.730. The van der Waals surface area contributed by atoms with Gasteiger partial charge in [0.1, 0.15) is 5.60 Å². The average Bonchev–Trinajstić information content (AvgIpc) is 2.53. The molecule has 0 radical (unpaired) electrons. The summed E-state index contributed by atoms with van der Waals surface area (Å²) in [4.78, 5) is 14.7. The van der Waals surface area contributed by atoms with E-state index >= 15 is 0 Å². The first-order chi connectivity index (χ1) is 11.8. The smallest absolute Gasteiger partial charge is 0.410 e. The van der Waals surface area contributed by atoms with E-state index in [1.165, 1.54) is 32.1 Å². The molecule has 1 amide bonds. The fraction of sp³-hybridized carbons (Fsp3) is 0.667. The number of hydrogen-bond donors (Lipinski definition) is 1. The molecule has 1 aromatic rings. The first-order valence-electron chi connectivity index (χ1n) is 9.59. The summed E-state index contributed by atoms with van der Waals surface area (Å²) < 4.78 is 5.67. The highest BCUT2D eigenvalue weighted by Crippen LogP contribution is 2.30. The number of nitrogens with two attached hydrogens (primary N) is 1. The molecule has 1 aliphatic rings. The standard InChI is InChI=1S/C21H34N2O2/c1-16(14-17-10-6-5-7-11-17)23(20(24)25-21(2,3)4)15-18-12-8-9-13-19(18)22/h8-9,12-13,16-17H,5-7,10-11,14-15,22H2,1-4H3/t16-/m0/s1. The molecule has 1 atom stereocenters. The van der Waals surface area contributed by atoms with Gasteiger partial charge in [0.15, 0.2) is 0 Å². The van der Waals surface area contributed by atoms with E-state index in [1.807, 2.05) is 49.9 Å². The summed E-state index contributed by atoms with van der Waals surface area (Å²) in [5.74, 6) is 0.710. The first kappa shape index (κ1) is 19.6. The molecule has 2 N–H and O–H groups in total. The number of rotatable bonds is 5. The number of nitrogen functional groups attached to an aromatic ring is 1. The third kappa shape index (κ3) is 6.26. The Bertz CT molecular complexity index is 559. The second-order valence-electron chi connectivity index (χ2n) is 8.40. The monoisotopic (exact) mass is 346 g/mol. The van der Waals surface area contributed by atoms with Gasteiger partial charge >= 0.3 is 6.09 Å². The Balaban J connectivity index is 2.12. The molecule has 0 saturated heterocycles. The molecule has 140 valence electrons. The second kappa shape index (κ2) is 8.59. The Kier molecular flexibility index (Phi) is 6.74. The van der Waals surface area contributed by atoms with Gasteiger partial charge in [0.05, 0.1) is 6.54 Å². The lowest BCUT2D eigenvalue weighted by atomic mass is 9.85. The number of para-hydroxylation sites is 1. The van der Waals surface area contributed by atoms with Crippen LogP contribution in [0.3, 0.4) is 0 Å². The molecule has 2 rings (SSSR count). The van der Waals surface area contributed by atoms with Gasteiger partial charge in [-0.05, 0) is 51.7 Å². The van der Waals surface area contributed by atoms with E-state index in [0.717, 1.165) is 17.7 Å². The summed E-state index contributed by atoms with van der Waals surface area (Å²) in [6.45, 7) is 8.36. The molecule has 0 heterocycles. The minimum atomic E-state index is -0.498. The number of ether oxygens (including phenoxy) is 1. The highest BCUT2D eigenvalue weighted by Gasteiger charge is 2.28. The predicted molar refractivity (Wildman–Crippen MR) is 103 cm³/mol. The molecule has 1 fully saturated rings. The van der Waals surface area contributed by atoms with Crippen LogP contribution in [0.15, 0.2) is 24.3 Å². The summed E-state index contributed by atoms with van der Waals surface area (Å²) in [5, 5.41) is 0.